The molecule has 0 aliphatic heterocycles. The molecule has 0 fully saturated rings. The van der Waals surface area contributed by atoms with Crippen molar-refractivity contribution < 1.29 is 4.39 Å². The van der Waals surface area contributed by atoms with Gasteiger partial charge in [0.15, 0.2) is 0 Å². The first-order valence-electron chi connectivity index (χ1n) is 4.88. The molecular weight excluding hydrogens is 264 g/mol. The van der Waals surface area contributed by atoms with Crippen LogP contribution in [0.4, 0.5) is 10.1 Å². The second-order valence-corrected chi connectivity index (χ2v) is 4.51. The fraction of sp³-hybridized carbons (Fsp3) is 0.182. The number of nitrogens with two attached hydrogens (primary N) is 1. The van der Waals surface area contributed by atoms with Gasteiger partial charge in [0.05, 0.1) is 32.8 Å². The predicted octanol–water partition coefficient (Wildman–Crippen LogP) is 3.52. The number of benzene rings is 1. The van der Waals surface area contributed by atoms with Crippen LogP contribution in [0.1, 0.15) is 11.4 Å². The molecule has 2 N–H and O–H groups in total. The van der Waals surface area contributed by atoms with Crippen molar-refractivity contribution in [1.29, 1.82) is 0 Å². The van der Waals surface area contributed by atoms with Gasteiger partial charge in [0.1, 0.15) is 5.82 Å². The third-order valence-corrected chi connectivity index (χ3v) is 3.34. The minimum atomic E-state index is -0.555. The largest absolute Gasteiger partial charge is 0.397 e. The van der Waals surface area contributed by atoms with Gasteiger partial charge in [-0.25, -0.2) is 9.07 Å². The van der Waals surface area contributed by atoms with E-state index in [2.05, 4.69) is 5.10 Å². The Labute approximate surface area is 108 Å². The highest BCUT2D eigenvalue weighted by atomic mass is 35.5. The highest BCUT2D eigenvalue weighted by molar-refractivity contribution is 6.32. The summed E-state index contributed by atoms with van der Waals surface area (Å²) in [7, 11) is 0. The lowest BCUT2D eigenvalue weighted by Crippen LogP contribution is -2.04. The van der Waals surface area contributed by atoms with Crippen LogP contribution >= 0.6 is 23.2 Å². The smallest absolute Gasteiger partial charge is 0.143 e. The van der Waals surface area contributed by atoms with Crippen molar-refractivity contribution in [3.8, 4) is 5.69 Å². The Kier molecular flexibility index (Phi) is 3.02. The lowest BCUT2D eigenvalue weighted by atomic mass is 10.2. The average molecular weight is 274 g/mol. The molecule has 0 aliphatic rings. The fourth-order valence-electron chi connectivity index (χ4n) is 1.59. The van der Waals surface area contributed by atoms with Gasteiger partial charge in [-0.1, -0.05) is 23.2 Å². The summed E-state index contributed by atoms with van der Waals surface area (Å²) in [5.74, 6) is -0.555. The van der Waals surface area contributed by atoms with E-state index in [0.717, 1.165) is 5.69 Å². The van der Waals surface area contributed by atoms with E-state index < -0.39 is 5.82 Å². The molecule has 2 aromatic rings. The molecule has 0 amide bonds. The molecule has 90 valence electrons. The van der Waals surface area contributed by atoms with Gasteiger partial charge in [0, 0.05) is 6.07 Å². The number of anilines is 1. The van der Waals surface area contributed by atoms with E-state index in [9.17, 15) is 4.39 Å². The van der Waals surface area contributed by atoms with E-state index in [1.54, 1.807) is 18.5 Å². The monoisotopic (exact) mass is 273 g/mol. The van der Waals surface area contributed by atoms with E-state index in [1.165, 1.54) is 12.1 Å². The fourth-order valence-corrected chi connectivity index (χ4v) is 1.87. The Morgan fingerprint density at radius 1 is 1.29 bits per heavy atom. The SMILES string of the molecule is Cc1nn(-c2cc(Cl)c(F)cc2N)c(C)c1Cl. The number of rotatable bonds is 1. The van der Waals surface area contributed by atoms with Crippen LogP contribution in [-0.4, -0.2) is 9.78 Å². The second-order valence-electron chi connectivity index (χ2n) is 3.72. The molecule has 0 saturated carbocycles. The number of aromatic nitrogens is 2. The third-order valence-electron chi connectivity index (χ3n) is 2.50. The number of halogens is 3. The zero-order valence-corrected chi connectivity index (χ0v) is 10.8. The van der Waals surface area contributed by atoms with E-state index in [-0.39, 0.29) is 10.7 Å². The highest BCUT2D eigenvalue weighted by Gasteiger charge is 2.14. The number of hydrogen-bond donors (Lipinski definition) is 1. The molecule has 17 heavy (non-hydrogen) atoms. The van der Waals surface area contributed by atoms with Crippen LogP contribution in [0.2, 0.25) is 10.0 Å². The van der Waals surface area contributed by atoms with Crippen LogP contribution < -0.4 is 5.73 Å². The zero-order valence-electron chi connectivity index (χ0n) is 9.26. The molecule has 0 aliphatic carbocycles. The van der Waals surface area contributed by atoms with Gasteiger partial charge in [-0.15, -0.1) is 0 Å². The van der Waals surface area contributed by atoms with Crippen LogP contribution in [0, 0.1) is 19.7 Å². The summed E-state index contributed by atoms with van der Waals surface area (Å²) in [5, 5.41) is 4.79. The van der Waals surface area contributed by atoms with Crippen LogP contribution in [0.3, 0.4) is 0 Å². The Morgan fingerprint density at radius 2 is 1.94 bits per heavy atom. The van der Waals surface area contributed by atoms with Crippen molar-refractivity contribution in [1.82, 2.24) is 9.78 Å². The zero-order chi connectivity index (χ0) is 12.7. The molecule has 0 atom stereocenters. The van der Waals surface area contributed by atoms with Gasteiger partial charge in [0.2, 0.25) is 0 Å². The molecule has 0 radical (unpaired) electrons. The second kappa shape index (κ2) is 4.20. The van der Waals surface area contributed by atoms with Gasteiger partial charge in [-0.05, 0) is 19.9 Å². The molecule has 3 nitrogen and oxygen atoms in total. The lowest BCUT2D eigenvalue weighted by molar-refractivity contribution is 0.628. The molecule has 0 bridgehead atoms. The number of nitrogens with zero attached hydrogens (tertiary/aromatic N) is 2. The molecule has 0 saturated heterocycles. The number of aryl methyl sites for hydroxylation is 1. The summed E-state index contributed by atoms with van der Waals surface area (Å²) in [6.07, 6.45) is 0. The van der Waals surface area contributed by atoms with Crippen LogP contribution in [0.5, 0.6) is 0 Å². The minimum Gasteiger partial charge on any atom is -0.397 e. The topological polar surface area (TPSA) is 43.8 Å². The van der Waals surface area contributed by atoms with Crippen LogP contribution in [0.25, 0.3) is 5.69 Å². The summed E-state index contributed by atoms with van der Waals surface area (Å²) in [4.78, 5) is 0. The first-order chi connectivity index (χ1) is 7.91. The van der Waals surface area contributed by atoms with Crippen molar-refractivity contribution in [2.75, 3.05) is 5.73 Å². The maximum atomic E-state index is 13.2. The van der Waals surface area contributed by atoms with Gasteiger partial charge < -0.3 is 5.73 Å². The van der Waals surface area contributed by atoms with Crippen molar-refractivity contribution >= 4 is 28.9 Å². The average Bonchev–Trinajstić information content (AvgIpc) is 2.51. The molecule has 2 rings (SSSR count). The van der Waals surface area contributed by atoms with E-state index in [0.29, 0.717) is 16.4 Å². The normalized spacial score (nSPS) is 10.9. The number of nitrogen functional groups attached to an aromatic ring is 1. The molecule has 1 heterocycles. The van der Waals surface area contributed by atoms with Crippen molar-refractivity contribution in [3.63, 3.8) is 0 Å². The van der Waals surface area contributed by atoms with Gasteiger partial charge in [0.25, 0.3) is 0 Å². The lowest BCUT2D eigenvalue weighted by Gasteiger charge is -2.09. The Morgan fingerprint density at radius 3 is 2.47 bits per heavy atom. The highest BCUT2D eigenvalue weighted by Crippen LogP contribution is 2.28. The first-order valence-corrected chi connectivity index (χ1v) is 5.64. The molecule has 6 heteroatoms. The molecule has 0 spiro atoms. The van der Waals surface area contributed by atoms with Crippen LogP contribution in [0.15, 0.2) is 12.1 Å². The molecule has 1 aromatic carbocycles. The van der Waals surface area contributed by atoms with Crippen molar-refractivity contribution in [3.05, 3.63) is 39.4 Å². The summed E-state index contributed by atoms with van der Waals surface area (Å²) >= 11 is 11.8. The third kappa shape index (κ3) is 1.98. The first kappa shape index (κ1) is 12.2. The van der Waals surface area contributed by atoms with E-state index in [1.807, 2.05) is 0 Å². The van der Waals surface area contributed by atoms with Crippen molar-refractivity contribution in [2.24, 2.45) is 0 Å². The maximum Gasteiger partial charge on any atom is 0.143 e. The summed E-state index contributed by atoms with van der Waals surface area (Å²) in [5.41, 5.74) is 7.94. The Bertz CT molecular complexity index is 593. The Hall–Kier alpha value is -1.26. The summed E-state index contributed by atoms with van der Waals surface area (Å²) < 4.78 is 14.7. The predicted molar refractivity (Wildman–Crippen MR) is 67.4 cm³/mol. The maximum absolute atomic E-state index is 13.2. The summed E-state index contributed by atoms with van der Waals surface area (Å²) in [6.45, 7) is 3.59. The number of hydrogen-bond acceptors (Lipinski definition) is 2. The Balaban J connectivity index is 2.68. The van der Waals surface area contributed by atoms with Gasteiger partial charge >= 0.3 is 0 Å². The minimum absolute atomic E-state index is 0.00197. The standard InChI is InChI=1S/C11H10Cl2FN3/c1-5-11(13)6(2)17(16-5)10-3-7(12)8(14)4-9(10)15/h3-4H,15H2,1-2H3. The van der Waals surface area contributed by atoms with Crippen LogP contribution in [-0.2, 0) is 0 Å². The van der Waals surface area contributed by atoms with Crippen molar-refractivity contribution in [2.45, 2.75) is 13.8 Å². The molecule has 1 aromatic heterocycles. The molecule has 0 unspecified atom stereocenters. The quantitative estimate of drug-likeness (QED) is 0.808. The van der Waals surface area contributed by atoms with E-state index in [4.69, 9.17) is 28.9 Å². The van der Waals surface area contributed by atoms with Gasteiger partial charge in [-0.3, -0.25) is 0 Å². The molecular formula is C11H10Cl2FN3. The van der Waals surface area contributed by atoms with E-state index >= 15 is 0 Å². The summed E-state index contributed by atoms with van der Waals surface area (Å²) in [6, 6.07) is 2.60. The van der Waals surface area contributed by atoms with Gasteiger partial charge in [-0.2, -0.15) is 5.10 Å².